The van der Waals surface area contributed by atoms with Crippen molar-refractivity contribution in [1.29, 1.82) is 0 Å². The number of benzene rings is 1. The minimum absolute atomic E-state index is 0.0287. The van der Waals surface area contributed by atoms with Crippen LogP contribution in [0, 0.1) is 30.1 Å². The van der Waals surface area contributed by atoms with Crippen molar-refractivity contribution < 1.29 is 14.4 Å². The van der Waals surface area contributed by atoms with E-state index in [4.69, 9.17) is 11.6 Å². The summed E-state index contributed by atoms with van der Waals surface area (Å²) >= 11 is 6.17. The summed E-state index contributed by atoms with van der Waals surface area (Å²) in [7, 11) is 3.88. The molecule has 43 heavy (non-hydrogen) atoms. The Bertz CT molecular complexity index is 1770. The molecule has 6 rings (SSSR count). The van der Waals surface area contributed by atoms with Gasteiger partial charge < -0.3 is 10.2 Å². The van der Waals surface area contributed by atoms with Crippen LogP contribution in [0.4, 0.5) is 5.82 Å². The number of aromatic nitrogens is 5. The van der Waals surface area contributed by atoms with E-state index in [1.54, 1.807) is 23.1 Å². The number of hydrogen-bond acceptors (Lipinski definition) is 8. The summed E-state index contributed by atoms with van der Waals surface area (Å²) < 4.78 is 1.60. The van der Waals surface area contributed by atoms with Crippen LogP contribution in [0.1, 0.15) is 48.6 Å². The third kappa shape index (κ3) is 5.57. The number of hydrogen-bond donors (Lipinski definition) is 1. The summed E-state index contributed by atoms with van der Waals surface area (Å²) in [4.78, 5) is 55.2. The quantitative estimate of drug-likeness (QED) is 0.211. The maximum absolute atomic E-state index is 14.0. The molecule has 1 aromatic carbocycles. The zero-order valence-electron chi connectivity index (χ0n) is 24.9. The standard InChI is InChI=1S/C32H34ClN7O3/c1-17(41)29-22-10-19(21-13-34-18(2)35-14-21)6-8-25(22)40(38-29)16-26(42)28-23(11-32(3)12-24(28)32)31(43)37-30-20(15-39(4)5)7-9-27(33)36-30/h6-10,13-14,23-24,28H,11-12,15-16H2,1-5H3,(H,36,37,43)/t23-,24+,28?,32+/m1/s1. The smallest absolute Gasteiger partial charge is 0.229 e. The maximum atomic E-state index is 14.0. The molecule has 4 aromatic rings. The zero-order chi connectivity index (χ0) is 30.6. The second-order valence-electron chi connectivity index (χ2n) is 12.4. The summed E-state index contributed by atoms with van der Waals surface area (Å²) in [6.07, 6.45) is 5.02. The molecular weight excluding hydrogens is 566 g/mol. The van der Waals surface area contributed by atoms with Gasteiger partial charge in [-0.2, -0.15) is 5.10 Å². The molecule has 11 heteroatoms. The van der Waals surface area contributed by atoms with E-state index in [0.717, 1.165) is 23.1 Å². The SMILES string of the molecule is CC(=O)c1nn(CC(=O)C2[C@H](C(=O)Nc3nc(Cl)ccc3CN(C)C)C[C@@]3(C)C[C@@H]23)c2ccc(-c3cnc(C)nc3)cc12. The molecule has 1 N–H and O–H groups in total. The van der Waals surface area contributed by atoms with Crippen molar-refractivity contribution in [2.75, 3.05) is 19.4 Å². The molecule has 1 unspecified atom stereocenters. The van der Waals surface area contributed by atoms with Crippen molar-refractivity contribution in [1.82, 2.24) is 29.6 Å². The number of halogens is 1. The highest BCUT2D eigenvalue weighted by molar-refractivity contribution is 6.29. The molecule has 0 bridgehead atoms. The van der Waals surface area contributed by atoms with Gasteiger partial charge in [-0.1, -0.05) is 30.7 Å². The lowest BCUT2D eigenvalue weighted by Gasteiger charge is -2.22. The van der Waals surface area contributed by atoms with Crippen molar-refractivity contribution in [3.63, 3.8) is 0 Å². The predicted octanol–water partition coefficient (Wildman–Crippen LogP) is 4.98. The Hall–Kier alpha value is -4.02. The van der Waals surface area contributed by atoms with E-state index in [9.17, 15) is 14.4 Å². The number of carbonyl (C=O) groups excluding carboxylic acids is 3. The lowest BCUT2D eigenvalue weighted by atomic mass is 9.86. The predicted molar refractivity (Wildman–Crippen MR) is 164 cm³/mol. The third-order valence-corrected chi connectivity index (χ3v) is 9.07. The van der Waals surface area contributed by atoms with Crippen LogP contribution in [-0.4, -0.2) is 61.2 Å². The highest BCUT2D eigenvalue weighted by Gasteiger charge is 2.65. The Morgan fingerprint density at radius 2 is 1.84 bits per heavy atom. The van der Waals surface area contributed by atoms with E-state index in [2.05, 4.69) is 32.3 Å². The molecule has 10 nitrogen and oxygen atoms in total. The number of nitrogens with zero attached hydrogens (tertiary/aromatic N) is 6. The first-order chi connectivity index (χ1) is 20.4. The van der Waals surface area contributed by atoms with E-state index in [0.29, 0.717) is 41.2 Å². The zero-order valence-corrected chi connectivity index (χ0v) is 25.6. The van der Waals surface area contributed by atoms with Crippen molar-refractivity contribution in [2.24, 2.45) is 23.2 Å². The number of pyridine rings is 1. The van der Waals surface area contributed by atoms with E-state index in [1.165, 1.54) is 6.92 Å². The van der Waals surface area contributed by atoms with Gasteiger partial charge in [0, 0.05) is 54.2 Å². The number of nitrogens with one attached hydrogen (secondary N) is 1. The first kappa shape index (κ1) is 29.1. The number of rotatable bonds is 9. The van der Waals surface area contributed by atoms with Gasteiger partial charge in [-0.3, -0.25) is 19.1 Å². The first-order valence-electron chi connectivity index (χ1n) is 14.4. The Morgan fingerprint density at radius 3 is 2.53 bits per heavy atom. The fourth-order valence-corrected chi connectivity index (χ4v) is 6.78. The molecule has 2 aliphatic rings. The molecule has 0 aliphatic heterocycles. The fourth-order valence-electron chi connectivity index (χ4n) is 6.64. The van der Waals surface area contributed by atoms with Crippen LogP contribution in [0.15, 0.2) is 42.7 Å². The Kier molecular flexibility index (Phi) is 7.38. The molecule has 2 aliphatic carbocycles. The second kappa shape index (κ2) is 10.9. The van der Waals surface area contributed by atoms with Crippen molar-refractivity contribution in [3.8, 4) is 11.1 Å². The summed E-state index contributed by atoms with van der Waals surface area (Å²) in [5.74, 6) is -0.200. The average Bonchev–Trinajstić information content (AvgIpc) is 3.32. The third-order valence-electron chi connectivity index (χ3n) is 8.86. The molecule has 0 spiro atoms. The van der Waals surface area contributed by atoms with Crippen LogP contribution < -0.4 is 5.32 Å². The molecular formula is C32H34ClN7O3. The molecule has 3 aromatic heterocycles. The number of aryl methyl sites for hydroxylation is 1. The number of ketones is 2. The molecule has 0 radical (unpaired) electrons. The molecule has 222 valence electrons. The van der Waals surface area contributed by atoms with Crippen molar-refractivity contribution in [3.05, 3.63) is 65.0 Å². The Morgan fingerprint density at radius 1 is 1.09 bits per heavy atom. The lowest BCUT2D eigenvalue weighted by molar-refractivity contribution is -0.131. The fraction of sp³-hybridized carbons (Fsp3) is 0.406. The van der Waals surface area contributed by atoms with E-state index in [1.807, 2.05) is 50.2 Å². The molecule has 2 fully saturated rings. The summed E-state index contributed by atoms with van der Waals surface area (Å²) in [5, 5.41) is 8.52. The van der Waals surface area contributed by atoms with Gasteiger partial charge in [0.1, 0.15) is 29.0 Å². The number of carbonyl (C=O) groups is 3. The molecule has 1 amide bonds. The average molecular weight is 600 g/mol. The summed E-state index contributed by atoms with van der Waals surface area (Å²) in [5.41, 5.74) is 3.46. The largest absolute Gasteiger partial charge is 0.310 e. The highest BCUT2D eigenvalue weighted by atomic mass is 35.5. The van der Waals surface area contributed by atoms with Gasteiger partial charge in [0.05, 0.1) is 5.52 Å². The van der Waals surface area contributed by atoms with Gasteiger partial charge in [0.15, 0.2) is 11.6 Å². The van der Waals surface area contributed by atoms with Crippen LogP contribution >= 0.6 is 11.6 Å². The molecule has 4 atom stereocenters. The van der Waals surface area contributed by atoms with E-state index >= 15 is 0 Å². The Balaban J connectivity index is 1.27. The molecule has 2 saturated carbocycles. The lowest BCUT2D eigenvalue weighted by Crippen LogP contribution is -2.35. The van der Waals surface area contributed by atoms with Gasteiger partial charge in [-0.15, -0.1) is 0 Å². The minimum Gasteiger partial charge on any atom is -0.310 e. The highest BCUT2D eigenvalue weighted by Crippen LogP contribution is 2.68. The van der Waals surface area contributed by atoms with Crippen LogP contribution in [0.2, 0.25) is 5.15 Å². The Labute approximate surface area is 254 Å². The summed E-state index contributed by atoms with van der Waals surface area (Å²) in [6, 6.07) is 9.23. The van der Waals surface area contributed by atoms with Gasteiger partial charge in [0.2, 0.25) is 5.91 Å². The van der Waals surface area contributed by atoms with Gasteiger partial charge in [-0.05, 0) is 69.0 Å². The maximum Gasteiger partial charge on any atom is 0.229 e. The number of Topliss-reactive ketones (excluding diaryl/α,β-unsaturated/α-hetero) is 2. The normalized spacial score (nSPS) is 22.5. The molecule has 3 heterocycles. The number of anilines is 1. The minimum atomic E-state index is -0.494. The topological polar surface area (TPSA) is 123 Å². The van der Waals surface area contributed by atoms with E-state index < -0.39 is 11.8 Å². The first-order valence-corrected chi connectivity index (χ1v) is 14.8. The monoisotopic (exact) mass is 599 g/mol. The van der Waals surface area contributed by atoms with Crippen molar-refractivity contribution in [2.45, 2.75) is 46.7 Å². The van der Waals surface area contributed by atoms with Gasteiger partial charge in [-0.25, -0.2) is 15.0 Å². The number of amides is 1. The van der Waals surface area contributed by atoms with Crippen LogP contribution in [-0.2, 0) is 22.7 Å². The van der Waals surface area contributed by atoms with Crippen LogP contribution in [0.5, 0.6) is 0 Å². The van der Waals surface area contributed by atoms with Gasteiger partial charge in [0.25, 0.3) is 0 Å². The number of fused-ring (bicyclic) bond motifs is 2. The van der Waals surface area contributed by atoms with Crippen LogP contribution in [0.3, 0.4) is 0 Å². The van der Waals surface area contributed by atoms with Crippen molar-refractivity contribution >= 4 is 45.8 Å². The second-order valence-corrected chi connectivity index (χ2v) is 12.8. The molecule has 0 saturated heterocycles. The van der Waals surface area contributed by atoms with E-state index in [-0.39, 0.29) is 40.5 Å². The van der Waals surface area contributed by atoms with Crippen LogP contribution in [0.25, 0.3) is 22.0 Å². The summed E-state index contributed by atoms with van der Waals surface area (Å²) in [6.45, 7) is 5.99. The van der Waals surface area contributed by atoms with Gasteiger partial charge >= 0.3 is 0 Å².